The van der Waals surface area contributed by atoms with Crippen molar-refractivity contribution in [1.82, 2.24) is 15.0 Å². The summed E-state index contributed by atoms with van der Waals surface area (Å²) in [5.41, 5.74) is 5.47. The summed E-state index contributed by atoms with van der Waals surface area (Å²) in [4.78, 5) is 15.4. The van der Waals surface area contributed by atoms with Crippen LogP contribution in [0.4, 0.5) is 25.8 Å². The second-order valence-corrected chi connectivity index (χ2v) is 8.08. The van der Waals surface area contributed by atoms with E-state index in [1.807, 2.05) is 32.0 Å². The topological polar surface area (TPSA) is 63.2 Å². The Hall–Kier alpha value is -3.65. The fraction of sp³-hybridized carbons (Fsp3) is 0.240. The summed E-state index contributed by atoms with van der Waals surface area (Å²) in [6.07, 6.45) is 5.19. The van der Waals surface area contributed by atoms with Crippen LogP contribution in [0, 0.1) is 25.5 Å². The molecular weight excluding hydrogens is 424 g/mol. The maximum absolute atomic E-state index is 15.0. The second-order valence-electron chi connectivity index (χ2n) is 8.08. The number of aryl methyl sites for hydroxylation is 1. The first-order valence-electron chi connectivity index (χ1n) is 10.8. The largest absolute Gasteiger partial charge is 0.378 e. The molecule has 8 heteroatoms. The molecule has 1 aromatic carbocycles. The van der Waals surface area contributed by atoms with Crippen LogP contribution in [0.1, 0.15) is 11.3 Å². The highest BCUT2D eigenvalue weighted by Gasteiger charge is 2.19. The SMILES string of the molecule is Cc1cc(-c2nc3cc(F)cc(F)c3c(Nc3cncc(N4CCOCC4)c3)c2C)ccn1. The van der Waals surface area contributed by atoms with Gasteiger partial charge in [0, 0.05) is 42.7 Å². The third-order valence-electron chi connectivity index (χ3n) is 5.79. The van der Waals surface area contributed by atoms with Crippen LogP contribution >= 0.6 is 0 Å². The fourth-order valence-corrected chi connectivity index (χ4v) is 4.17. The molecule has 0 atom stereocenters. The van der Waals surface area contributed by atoms with Crippen LogP contribution in [0.15, 0.2) is 48.9 Å². The van der Waals surface area contributed by atoms with Crippen LogP contribution in [-0.4, -0.2) is 41.3 Å². The lowest BCUT2D eigenvalue weighted by Gasteiger charge is -2.28. The number of morpholine rings is 1. The van der Waals surface area contributed by atoms with Crippen molar-refractivity contribution >= 4 is 28.0 Å². The molecule has 1 fully saturated rings. The van der Waals surface area contributed by atoms with E-state index < -0.39 is 11.6 Å². The van der Waals surface area contributed by atoms with Gasteiger partial charge >= 0.3 is 0 Å². The summed E-state index contributed by atoms with van der Waals surface area (Å²) in [6.45, 7) is 6.65. The monoisotopic (exact) mass is 447 g/mol. The van der Waals surface area contributed by atoms with E-state index in [2.05, 4.69) is 25.2 Å². The molecule has 33 heavy (non-hydrogen) atoms. The van der Waals surface area contributed by atoms with Crippen LogP contribution in [0.5, 0.6) is 0 Å². The van der Waals surface area contributed by atoms with Gasteiger partial charge in [-0.2, -0.15) is 0 Å². The standard InChI is InChI=1S/C25H23F2N5O/c1-15-9-17(3-4-29-15)24-16(2)25(23-21(27)10-18(26)11-22(23)31-24)30-19-12-20(14-28-13-19)32-5-7-33-8-6-32/h3-4,9-14H,5-8H2,1-2H3,(H,30,31). The number of hydrogen-bond donors (Lipinski definition) is 1. The van der Waals surface area contributed by atoms with Crippen molar-refractivity contribution in [2.75, 3.05) is 36.5 Å². The lowest BCUT2D eigenvalue weighted by molar-refractivity contribution is 0.122. The van der Waals surface area contributed by atoms with E-state index in [9.17, 15) is 8.78 Å². The van der Waals surface area contributed by atoms with Gasteiger partial charge in [-0.15, -0.1) is 0 Å². The average Bonchev–Trinajstić information content (AvgIpc) is 2.81. The minimum Gasteiger partial charge on any atom is -0.378 e. The van der Waals surface area contributed by atoms with E-state index in [-0.39, 0.29) is 10.9 Å². The van der Waals surface area contributed by atoms with Crippen LogP contribution in [-0.2, 0) is 4.74 Å². The van der Waals surface area contributed by atoms with E-state index in [1.54, 1.807) is 18.6 Å². The molecule has 4 aromatic rings. The van der Waals surface area contributed by atoms with Crippen LogP contribution in [0.25, 0.3) is 22.2 Å². The molecular formula is C25H23F2N5O. The van der Waals surface area contributed by atoms with Gasteiger partial charge in [0.25, 0.3) is 0 Å². The number of hydrogen-bond acceptors (Lipinski definition) is 6. The van der Waals surface area contributed by atoms with Gasteiger partial charge < -0.3 is 15.0 Å². The smallest absolute Gasteiger partial charge is 0.137 e. The van der Waals surface area contributed by atoms with Gasteiger partial charge in [-0.3, -0.25) is 9.97 Å². The van der Waals surface area contributed by atoms with Crippen molar-refractivity contribution in [1.29, 1.82) is 0 Å². The molecule has 0 radical (unpaired) electrons. The molecule has 5 rings (SSSR count). The third-order valence-corrected chi connectivity index (χ3v) is 5.79. The number of benzene rings is 1. The van der Waals surface area contributed by atoms with Crippen molar-refractivity contribution in [2.45, 2.75) is 13.8 Å². The third kappa shape index (κ3) is 4.21. The summed E-state index contributed by atoms with van der Waals surface area (Å²) < 4.78 is 34.5. The molecule has 1 aliphatic rings. The van der Waals surface area contributed by atoms with Gasteiger partial charge in [-0.05, 0) is 37.6 Å². The minimum absolute atomic E-state index is 0.236. The van der Waals surface area contributed by atoms with Crippen LogP contribution in [0.2, 0.25) is 0 Å². The summed E-state index contributed by atoms with van der Waals surface area (Å²) in [6, 6.07) is 7.85. The number of aromatic nitrogens is 3. The van der Waals surface area contributed by atoms with Gasteiger partial charge in [-0.1, -0.05) is 0 Å². The predicted molar refractivity (Wildman–Crippen MR) is 125 cm³/mol. The van der Waals surface area contributed by atoms with Gasteiger partial charge in [0.1, 0.15) is 11.6 Å². The van der Waals surface area contributed by atoms with E-state index >= 15 is 0 Å². The first-order valence-corrected chi connectivity index (χ1v) is 10.8. The minimum atomic E-state index is -0.671. The van der Waals surface area contributed by atoms with Crippen molar-refractivity contribution in [3.63, 3.8) is 0 Å². The number of fused-ring (bicyclic) bond motifs is 1. The zero-order valence-corrected chi connectivity index (χ0v) is 18.4. The Morgan fingerprint density at radius 1 is 1.03 bits per heavy atom. The Bertz CT molecular complexity index is 1340. The fourth-order valence-electron chi connectivity index (χ4n) is 4.17. The first-order chi connectivity index (χ1) is 16.0. The predicted octanol–water partition coefficient (Wildman–Crippen LogP) is 5.17. The van der Waals surface area contributed by atoms with Crippen molar-refractivity contribution in [3.05, 3.63) is 71.8 Å². The first kappa shape index (κ1) is 21.2. The zero-order chi connectivity index (χ0) is 22.9. The maximum atomic E-state index is 15.0. The van der Waals surface area contributed by atoms with Crippen molar-refractivity contribution in [2.24, 2.45) is 0 Å². The van der Waals surface area contributed by atoms with E-state index in [1.165, 1.54) is 6.07 Å². The van der Waals surface area contributed by atoms with E-state index in [4.69, 9.17) is 4.74 Å². The molecule has 1 saturated heterocycles. The van der Waals surface area contributed by atoms with E-state index in [0.717, 1.165) is 41.7 Å². The molecule has 168 valence electrons. The quantitative estimate of drug-likeness (QED) is 0.466. The molecule has 0 unspecified atom stereocenters. The van der Waals surface area contributed by atoms with E-state index in [0.29, 0.717) is 30.3 Å². The molecule has 6 nitrogen and oxygen atoms in total. The number of nitrogens with zero attached hydrogens (tertiary/aromatic N) is 4. The number of halogens is 2. The number of anilines is 3. The lowest BCUT2D eigenvalue weighted by atomic mass is 10.0. The molecule has 0 amide bonds. The maximum Gasteiger partial charge on any atom is 0.137 e. The Labute approximate surface area is 190 Å². The normalized spacial score (nSPS) is 14.0. The number of nitrogens with one attached hydrogen (secondary N) is 1. The molecule has 4 heterocycles. The van der Waals surface area contributed by atoms with Crippen LogP contribution in [0.3, 0.4) is 0 Å². The molecule has 3 aromatic heterocycles. The lowest BCUT2D eigenvalue weighted by Crippen LogP contribution is -2.36. The van der Waals surface area contributed by atoms with Gasteiger partial charge in [0.05, 0.1) is 59.3 Å². The Morgan fingerprint density at radius 3 is 2.64 bits per heavy atom. The number of ether oxygens (including phenoxy) is 1. The van der Waals surface area contributed by atoms with Crippen molar-refractivity contribution in [3.8, 4) is 11.3 Å². The summed E-state index contributed by atoms with van der Waals surface area (Å²) in [5.74, 6) is -1.34. The number of pyridine rings is 3. The Balaban J connectivity index is 1.65. The molecule has 1 aliphatic heterocycles. The second kappa shape index (κ2) is 8.71. The van der Waals surface area contributed by atoms with Crippen LogP contribution < -0.4 is 10.2 Å². The Kier molecular flexibility index (Phi) is 5.60. The van der Waals surface area contributed by atoms with Gasteiger partial charge in [-0.25, -0.2) is 13.8 Å². The van der Waals surface area contributed by atoms with Crippen molar-refractivity contribution < 1.29 is 13.5 Å². The summed E-state index contributed by atoms with van der Waals surface area (Å²) in [7, 11) is 0. The molecule has 1 N–H and O–H groups in total. The Morgan fingerprint density at radius 2 is 1.85 bits per heavy atom. The molecule has 0 bridgehead atoms. The van der Waals surface area contributed by atoms with Gasteiger partial charge in [0.2, 0.25) is 0 Å². The highest BCUT2D eigenvalue weighted by molar-refractivity contribution is 5.98. The highest BCUT2D eigenvalue weighted by atomic mass is 19.1. The zero-order valence-electron chi connectivity index (χ0n) is 18.4. The molecule has 0 spiro atoms. The number of rotatable bonds is 4. The molecule has 0 aliphatic carbocycles. The summed E-state index contributed by atoms with van der Waals surface area (Å²) >= 11 is 0. The molecule has 0 saturated carbocycles. The highest BCUT2D eigenvalue weighted by Crippen LogP contribution is 2.37. The summed E-state index contributed by atoms with van der Waals surface area (Å²) in [5, 5.41) is 3.58. The van der Waals surface area contributed by atoms with Gasteiger partial charge in [0.15, 0.2) is 0 Å². The average molecular weight is 447 g/mol.